The second kappa shape index (κ2) is 10.7. The normalized spacial score (nSPS) is 12.5. The van der Waals surface area contributed by atoms with Crippen molar-refractivity contribution in [2.24, 2.45) is 0 Å². The van der Waals surface area contributed by atoms with E-state index >= 15 is 0 Å². The van der Waals surface area contributed by atoms with Gasteiger partial charge in [-0.25, -0.2) is 0 Å². The first kappa shape index (κ1) is 23.4. The molecule has 1 aromatic heterocycles. The molecule has 0 radical (unpaired) electrons. The van der Waals surface area contributed by atoms with Crippen molar-refractivity contribution in [3.05, 3.63) is 24.3 Å². The summed E-state index contributed by atoms with van der Waals surface area (Å²) in [6, 6.07) is 9.05. The number of aromatic nitrogens is 4. The summed E-state index contributed by atoms with van der Waals surface area (Å²) in [4.78, 5) is 1.76. The van der Waals surface area contributed by atoms with E-state index in [4.69, 9.17) is 5.10 Å². The second-order valence-electron chi connectivity index (χ2n) is 9.21. The zero-order valence-corrected chi connectivity index (χ0v) is 21.8. The molecule has 0 aliphatic rings. The van der Waals surface area contributed by atoms with Gasteiger partial charge in [0.2, 0.25) is 0 Å². The van der Waals surface area contributed by atoms with Gasteiger partial charge in [-0.05, 0) is 0 Å². The molecule has 0 aliphatic heterocycles. The van der Waals surface area contributed by atoms with Crippen molar-refractivity contribution in [2.45, 2.75) is 98.9 Å². The SMILES string of the molecule is CCC[CH2][Sn]([CH2]CCC)([CH2]CCC)[c]1ccccc1-c1nnn(C(C)(C)C)n1. The van der Waals surface area contributed by atoms with Crippen molar-refractivity contribution in [1.29, 1.82) is 0 Å². The molecule has 5 heteroatoms. The summed E-state index contributed by atoms with van der Waals surface area (Å²) in [7, 11) is 0. The van der Waals surface area contributed by atoms with Crippen molar-refractivity contribution in [3.8, 4) is 11.4 Å². The molecule has 0 saturated carbocycles. The molecule has 156 valence electrons. The van der Waals surface area contributed by atoms with Crippen LogP contribution in [0.2, 0.25) is 13.3 Å². The van der Waals surface area contributed by atoms with Crippen molar-refractivity contribution in [1.82, 2.24) is 20.2 Å². The molecule has 0 saturated heterocycles. The first-order valence-corrected chi connectivity index (χ1v) is 18.8. The van der Waals surface area contributed by atoms with Crippen LogP contribution in [-0.4, -0.2) is 38.6 Å². The molecule has 1 heterocycles. The van der Waals surface area contributed by atoms with Gasteiger partial charge >= 0.3 is 177 Å². The van der Waals surface area contributed by atoms with E-state index in [9.17, 15) is 0 Å². The molecule has 0 N–H and O–H groups in total. The number of hydrogen-bond donors (Lipinski definition) is 0. The summed E-state index contributed by atoms with van der Waals surface area (Å²) >= 11 is -2.55. The van der Waals surface area contributed by atoms with E-state index < -0.39 is 18.4 Å². The number of rotatable bonds is 11. The number of nitrogens with zero attached hydrogens (tertiary/aromatic N) is 4. The third-order valence-corrected chi connectivity index (χ3v) is 21.5. The molecule has 1 aromatic carbocycles. The van der Waals surface area contributed by atoms with Crippen LogP contribution < -0.4 is 3.58 Å². The van der Waals surface area contributed by atoms with Crippen LogP contribution in [0.15, 0.2) is 24.3 Å². The van der Waals surface area contributed by atoms with Crippen LogP contribution in [0.1, 0.15) is 80.1 Å². The number of unbranched alkanes of at least 4 members (excludes halogenated alkanes) is 3. The Balaban J connectivity index is 2.54. The van der Waals surface area contributed by atoms with Gasteiger partial charge in [-0.3, -0.25) is 0 Å². The molecule has 0 spiro atoms. The van der Waals surface area contributed by atoms with E-state index in [0.717, 1.165) is 5.82 Å². The summed E-state index contributed by atoms with van der Waals surface area (Å²) in [5.74, 6) is 0.816. The maximum atomic E-state index is 4.79. The Bertz CT molecular complexity index is 696. The minimum absolute atomic E-state index is 0.146. The number of tetrazole rings is 1. The quantitative estimate of drug-likeness (QED) is 0.354. The van der Waals surface area contributed by atoms with Gasteiger partial charge in [-0.15, -0.1) is 0 Å². The van der Waals surface area contributed by atoms with Gasteiger partial charge in [0.1, 0.15) is 0 Å². The van der Waals surface area contributed by atoms with Crippen molar-refractivity contribution in [3.63, 3.8) is 0 Å². The zero-order chi connectivity index (χ0) is 20.6. The van der Waals surface area contributed by atoms with Crippen molar-refractivity contribution < 1.29 is 0 Å². The van der Waals surface area contributed by atoms with Gasteiger partial charge < -0.3 is 0 Å². The maximum absolute atomic E-state index is 4.79. The molecule has 0 amide bonds. The van der Waals surface area contributed by atoms with Gasteiger partial charge in [-0.1, -0.05) is 0 Å². The van der Waals surface area contributed by atoms with E-state index in [0.29, 0.717) is 0 Å². The summed E-state index contributed by atoms with van der Waals surface area (Å²) in [6.07, 6.45) is 7.95. The third kappa shape index (κ3) is 5.80. The van der Waals surface area contributed by atoms with Gasteiger partial charge in [0, 0.05) is 0 Å². The van der Waals surface area contributed by atoms with E-state index in [1.807, 2.05) is 0 Å². The third-order valence-electron chi connectivity index (χ3n) is 5.78. The molecule has 28 heavy (non-hydrogen) atoms. The monoisotopic (exact) mass is 492 g/mol. The predicted octanol–water partition coefficient (Wildman–Crippen LogP) is 6.15. The van der Waals surface area contributed by atoms with Crippen molar-refractivity contribution >= 4 is 22.0 Å². The summed E-state index contributed by atoms with van der Waals surface area (Å²) in [6.45, 7) is 13.4. The fraction of sp³-hybridized carbons (Fsp3) is 0.696. The Morgan fingerprint density at radius 1 is 0.857 bits per heavy atom. The van der Waals surface area contributed by atoms with Crippen LogP contribution in [-0.2, 0) is 5.54 Å². The Labute approximate surface area is 176 Å². The molecule has 4 nitrogen and oxygen atoms in total. The van der Waals surface area contributed by atoms with Gasteiger partial charge in [0.15, 0.2) is 0 Å². The Morgan fingerprint density at radius 2 is 1.39 bits per heavy atom. The fourth-order valence-electron chi connectivity index (χ4n) is 4.07. The van der Waals surface area contributed by atoms with Crippen LogP contribution in [0, 0.1) is 0 Å². The average molecular weight is 491 g/mol. The van der Waals surface area contributed by atoms with Crippen LogP contribution in [0.4, 0.5) is 0 Å². The summed E-state index contributed by atoms with van der Waals surface area (Å²) < 4.78 is 6.00. The van der Waals surface area contributed by atoms with Crippen LogP contribution >= 0.6 is 0 Å². The van der Waals surface area contributed by atoms with Gasteiger partial charge in [-0.2, -0.15) is 0 Å². The van der Waals surface area contributed by atoms with E-state index in [-0.39, 0.29) is 5.54 Å². The number of benzene rings is 1. The van der Waals surface area contributed by atoms with E-state index in [1.54, 1.807) is 8.38 Å². The van der Waals surface area contributed by atoms with Crippen LogP contribution in [0.5, 0.6) is 0 Å². The standard InChI is InChI=1S/C11H13N4.3C4H9.Sn/c1-11(2,3)15-13-10(12-14-15)9-7-5-4-6-8-9;3*1-3-4-2;/h4-7H,1-3H3;3*1,3-4H2,2H3;. The topological polar surface area (TPSA) is 43.6 Å². The molecular weight excluding hydrogens is 451 g/mol. The Kier molecular flexibility index (Phi) is 8.97. The van der Waals surface area contributed by atoms with Crippen molar-refractivity contribution in [2.75, 3.05) is 0 Å². The first-order chi connectivity index (χ1) is 13.4. The molecular formula is C23H40N4Sn. The van der Waals surface area contributed by atoms with Crippen LogP contribution in [0.25, 0.3) is 11.4 Å². The summed E-state index contributed by atoms with van der Waals surface area (Å²) in [5, 5.41) is 13.7. The molecule has 0 atom stereocenters. The molecule has 2 aromatic rings. The zero-order valence-electron chi connectivity index (χ0n) is 19.0. The molecule has 2 rings (SSSR count). The van der Waals surface area contributed by atoms with E-state index in [1.165, 1.54) is 57.4 Å². The van der Waals surface area contributed by atoms with Gasteiger partial charge in [0.05, 0.1) is 0 Å². The first-order valence-electron chi connectivity index (χ1n) is 11.3. The van der Waals surface area contributed by atoms with Gasteiger partial charge in [0.25, 0.3) is 0 Å². The average Bonchev–Trinajstić information content (AvgIpc) is 3.18. The fourth-order valence-corrected chi connectivity index (χ4v) is 20.8. The van der Waals surface area contributed by atoms with E-state index in [2.05, 4.69) is 76.1 Å². The molecule has 0 unspecified atom stereocenters. The Morgan fingerprint density at radius 3 is 1.86 bits per heavy atom. The minimum atomic E-state index is -2.55. The molecule has 0 fully saturated rings. The molecule has 0 aliphatic carbocycles. The summed E-state index contributed by atoms with van der Waals surface area (Å²) in [5.41, 5.74) is 1.12. The number of hydrogen-bond acceptors (Lipinski definition) is 3. The molecule has 0 bridgehead atoms. The van der Waals surface area contributed by atoms with Crippen LogP contribution in [0.3, 0.4) is 0 Å². The second-order valence-corrected chi connectivity index (χ2v) is 22.3. The predicted molar refractivity (Wildman–Crippen MR) is 123 cm³/mol. The Hall–Kier alpha value is -0.911.